The Morgan fingerprint density at radius 2 is 1.93 bits per heavy atom. The molecule has 0 atom stereocenters. The van der Waals surface area contributed by atoms with Gasteiger partial charge in [0.2, 0.25) is 5.75 Å². The lowest BCUT2D eigenvalue weighted by molar-refractivity contribution is 0.0941. The summed E-state index contributed by atoms with van der Waals surface area (Å²) in [6.45, 7) is 4.58. The van der Waals surface area contributed by atoms with E-state index in [-0.39, 0.29) is 18.1 Å². The molecule has 3 aliphatic rings. The predicted molar refractivity (Wildman–Crippen MR) is 107 cm³/mol. The number of aromatic nitrogens is 2. The standard InChI is InChI=1S/C19H21FN4O3.C2H6/c20-13-3-1-11(2-4-13)9-22-16(26)14-15(25)17(27)24-10-12-5-7-19(21,8-6-12)18(24)23-14;1-2/h1-4,12,25H,5-10,21H2,(H,22,26);1-2H3. The minimum Gasteiger partial charge on any atom is -0.501 e. The van der Waals surface area contributed by atoms with Crippen molar-refractivity contribution in [3.05, 3.63) is 57.5 Å². The number of halogens is 1. The van der Waals surface area contributed by atoms with Crippen molar-refractivity contribution >= 4 is 5.91 Å². The van der Waals surface area contributed by atoms with Crippen molar-refractivity contribution in [2.24, 2.45) is 11.7 Å². The van der Waals surface area contributed by atoms with E-state index in [1.54, 1.807) is 12.1 Å². The summed E-state index contributed by atoms with van der Waals surface area (Å²) in [5.41, 5.74) is 5.49. The van der Waals surface area contributed by atoms with Crippen LogP contribution in [0.1, 0.15) is 61.4 Å². The highest BCUT2D eigenvalue weighted by atomic mass is 19.1. The number of amides is 1. The van der Waals surface area contributed by atoms with Gasteiger partial charge in [0.15, 0.2) is 5.69 Å². The molecule has 7 nitrogen and oxygen atoms in total. The molecule has 5 rings (SSSR count). The van der Waals surface area contributed by atoms with Crippen molar-refractivity contribution < 1.29 is 14.3 Å². The molecule has 3 heterocycles. The number of aromatic hydroxyl groups is 1. The third kappa shape index (κ3) is 4.03. The summed E-state index contributed by atoms with van der Waals surface area (Å²) in [6.07, 6.45) is 3.19. The SMILES string of the molecule is CC.NC12CCC(CC1)Cn1c2nc(C(=O)NCc2ccc(F)cc2)c(O)c1=O. The maximum absolute atomic E-state index is 13.0. The number of hydrogen-bond acceptors (Lipinski definition) is 5. The Kier molecular flexibility index (Phi) is 6.02. The van der Waals surface area contributed by atoms with Gasteiger partial charge < -0.3 is 16.2 Å². The van der Waals surface area contributed by atoms with Crippen LogP contribution in [-0.2, 0) is 18.6 Å². The highest BCUT2D eigenvalue weighted by Gasteiger charge is 2.42. The van der Waals surface area contributed by atoms with Crippen LogP contribution in [0.5, 0.6) is 5.75 Å². The first kappa shape index (κ1) is 21.0. The zero-order valence-corrected chi connectivity index (χ0v) is 16.7. The number of nitrogens with two attached hydrogens (primary N) is 1. The molecule has 2 aliphatic heterocycles. The Labute approximate surface area is 168 Å². The van der Waals surface area contributed by atoms with Crippen LogP contribution in [0.4, 0.5) is 4.39 Å². The fourth-order valence-electron chi connectivity index (χ4n) is 3.98. The number of nitrogens with one attached hydrogen (secondary N) is 1. The van der Waals surface area contributed by atoms with E-state index in [1.165, 1.54) is 16.7 Å². The Bertz CT molecular complexity index is 948. The normalized spacial score (nSPS) is 22.1. The van der Waals surface area contributed by atoms with Crippen molar-refractivity contribution in [3.63, 3.8) is 0 Å². The molecular weight excluding hydrogens is 375 g/mol. The van der Waals surface area contributed by atoms with Crippen LogP contribution in [0.3, 0.4) is 0 Å². The Morgan fingerprint density at radius 1 is 1.31 bits per heavy atom. The van der Waals surface area contributed by atoms with Gasteiger partial charge >= 0.3 is 0 Å². The van der Waals surface area contributed by atoms with E-state index >= 15 is 0 Å². The molecule has 0 radical (unpaired) electrons. The van der Waals surface area contributed by atoms with Gasteiger partial charge in [-0.05, 0) is 49.3 Å². The molecule has 1 aromatic carbocycles. The number of hydrogen-bond donors (Lipinski definition) is 3. The Morgan fingerprint density at radius 3 is 2.55 bits per heavy atom. The second-order valence-corrected chi connectivity index (χ2v) is 7.46. The highest BCUT2D eigenvalue weighted by Crippen LogP contribution is 2.40. The van der Waals surface area contributed by atoms with Crippen LogP contribution in [0.2, 0.25) is 0 Å². The van der Waals surface area contributed by atoms with Crippen LogP contribution < -0.4 is 16.6 Å². The summed E-state index contributed by atoms with van der Waals surface area (Å²) in [6, 6.07) is 5.67. The fraction of sp³-hybridized carbons (Fsp3) is 0.476. The van der Waals surface area contributed by atoms with E-state index in [0.29, 0.717) is 36.7 Å². The molecule has 4 N–H and O–H groups in total. The largest absolute Gasteiger partial charge is 0.501 e. The number of fused-ring (bicyclic) bond motifs is 2. The van der Waals surface area contributed by atoms with E-state index < -0.39 is 22.8 Å². The van der Waals surface area contributed by atoms with Gasteiger partial charge in [0.25, 0.3) is 11.5 Å². The lowest BCUT2D eigenvalue weighted by Crippen LogP contribution is -2.43. The van der Waals surface area contributed by atoms with Gasteiger partial charge in [0.05, 0.1) is 5.54 Å². The van der Waals surface area contributed by atoms with Gasteiger partial charge in [0, 0.05) is 13.1 Å². The lowest BCUT2D eigenvalue weighted by atomic mass is 9.78. The van der Waals surface area contributed by atoms with E-state index in [4.69, 9.17) is 5.73 Å². The summed E-state index contributed by atoms with van der Waals surface area (Å²) in [7, 11) is 0. The molecule has 1 fully saturated rings. The van der Waals surface area contributed by atoms with Gasteiger partial charge in [-0.2, -0.15) is 0 Å². The monoisotopic (exact) mass is 402 g/mol. The first-order valence-corrected chi connectivity index (χ1v) is 10.0. The van der Waals surface area contributed by atoms with Crippen LogP contribution in [0.25, 0.3) is 0 Å². The van der Waals surface area contributed by atoms with Crippen molar-refractivity contribution in [1.29, 1.82) is 0 Å². The summed E-state index contributed by atoms with van der Waals surface area (Å²) in [4.78, 5) is 29.5. The van der Waals surface area contributed by atoms with Crippen molar-refractivity contribution in [2.45, 2.75) is 58.2 Å². The minimum absolute atomic E-state index is 0.120. The van der Waals surface area contributed by atoms with Crippen molar-refractivity contribution in [2.75, 3.05) is 0 Å². The number of rotatable bonds is 3. The molecule has 1 saturated carbocycles. The molecule has 156 valence electrons. The lowest BCUT2D eigenvalue weighted by Gasteiger charge is -2.32. The summed E-state index contributed by atoms with van der Waals surface area (Å²) in [5, 5.41) is 12.9. The summed E-state index contributed by atoms with van der Waals surface area (Å²) in [5.74, 6) is -0.997. The summed E-state index contributed by atoms with van der Waals surface area (Å²) >= 11 is 0. The maximum Gasteiger partial charge on any atom is 0.296 e. The van der Waals surface area contributed by atoms with E-state index in [1.807, 2.05) is 13.8 Å². The van der Waals surface area contributed by atoms with E-state index in [2.05, 4.69) is 10.3 Å². The van der Waals surface area contributed by atoms with E-state index in [0.717, 1.165) is 12.8 Å². The van der Waals surface area contributed by atoms with Crippen molar-refractivity contribution in [3.8, 4) is 5.75 Å². The average molecular weight is 402 g/mol. The number of carbonyl (C=O) groups excluding carboxylic acids is 1. The molecule has 8 heteroatoms. The molecule has 0 unspecified atom stereocenters. The molecule has 2 aromatic rings. The first-order chi connectivity index (χ1) is 13.9. The second kappa shape index (κ2) is 8.32. The topological polar surface area (TPSA) is 110 Å². The Hall–Kier alpha value is -2.74. The highest BCUT2D eigenvalue weighted by molar-refractivity contribution is 5.94. The van der Waals surface area contributed by atoms with Crippen LogP contribution in [0.15, 0.2) is 29.1 Å². The minimum atomic E-state index is -0.758. The second-order valence-electron chi connectivity index (χ2n) is 7.46. The number of nitrogens with zero attached hydrogens (tertiary/aromatic N) is 2. The van der Waals surface area contributed by atoms with Gasteiger partial charge in [-0.1, -0.05) is 26.0 Å². The third-order valence-electron chi connectivity index (χ3n) is 5.61. The fourth-order valence-corrected chi connectivity index (χ4v) is 3.98. The third-order valence-corrected chi connectivity index (χ3v) is 5.61. The van der Waals surface area contributed by atoms with Gasteiger partial charge in [-0.3, -0.25) is 14.2 Å². The summed E-state index contributed by atoms with van der Waals surface area (Å²) < 4.78 is 14.4. The zero-order valence-electron chi connectivity index (χ0n) is 16.7. The molecule has 0 saturated heterocycles. The van der Waals surface area contributed by atoms with Crippen molar-refractivity contribution in [1.82, 2.24) is 14.9 Å². The number of carbonyl (C=O) groups is 1. The number of benzene rings is 1. The molecule has 1 aliphatic carbocycles. The molecule has 0 spiro atoms. The quantitative estimate of drug-likeness (QED) is 0.730. The smallest absolute Gasteiger partial charge is 0.296 e. The zero-order chi connectivity index (χ0) is 21.2. The van der Waals surface area contributed by atoms with Gasteiger partial charge in [0.1, 0.15) is 11.6 Å². The van der Waals surface area contributed by atoms with Crippen LogP contribution in [-0.4, -0.2) is 20.6 Å². The van der Waals surface area contributed by atoms with E-state index in [9.17, 15) is 19.1 Å². The molecule has 2 bridgehead atoms. The Balaban J connectivity index is 0.00000117. The van der Waals surface area contributed by atoms with Crippen LogP contribution >= 0.6 is 0 Å². The maximum atomic E-state index is 13.0. The first-order valence-electron chi connectivity index (χ1n) is 10.0. The molecule has 29 heavy (non-hydrogen) atoms. The average Bonchev–Trinajstić information content (AvgIpc) is 2.96. The molecule has 1 aromatic heterocycles. The van der Waals surface area contributed by atoms with Crippen LogP contribution in [0, 0.1) is 11.7 Å². The molecule has 1 amide bonds. The van der Waals surface area contributed by atoms with Gasteiger partial charge in [-0.25, -0.2) is 9.37 Å². The molecular formula is C21H27FN4O3. The van der Waals surface area contributed by atoms with Gasteiger partial charge in [-0.15, -0.1) is 0 Å². The predicted octanol–water partition coefficient (Wildman–Crippen LogP) is 2.40.